The highest BCUT2D eigenvalue weighted by molar-refractivity contribution is 5.85. The number of benzene rings is 1. The van der Waals surface area contributed by atoms with Crippen molar-refractivity contribution in [3.8, 4) is 0 Å². The standard InChI is InChI=1S/C9H11FN2O2.ClH/c1-2-8(11)6-3-4-7(10)9(5-6)12(13)14;/h3-5,8H,2,11H2,1H3;1H/t8-;/m1./s1. The molecule has 15 heavy (non-hydrogen) atoms. The molecule has 0 unspecified atom stereocenters. The summed E-state index contributed by atoms with van der Waals surface area (Å²) in [5.41, 5.74) is 5.73. The molecule has 0 spiro atoms. The first-order valence-corrected chi connectivity index (χ1v) is 4.25. The number of nitro benzene ring substituents is 1. The fraction of sp³-hybridized carbons (Fsp3) is 0.333. The Kier molecular flexibility index (Phi) is 5.18. The minimum atomic E-state index is -0.831. The van der Waals surface area contributed by atoms with E-state index in [0.717, 1.165) is 6.07 Å². The van der Waals surface area contributed by atoms with Crippen LogP contribution in [0.15, 0.2) is 18.2 Å². The van der Waals surface area contributed by atoms with Crippen molar-refractivity contribution in [2.45, 2.75) is 19.4 Å². The van der Waals surface area contributed by atoms with E-state index in [2.05, 4.69) is 0 Å². The highest BCUT2D eigenvalue weighted by atomic mass is 35.5. The van der Waals surface area contributed by atoms with Gasteiger partial charge in [-0.2, -0.15) is 4.39 Å². The van der Waals surface area contributed by atoms with Crippen LogP contribution in [0.25, 0.3) is 0 Å². The maximum absolute atomic E-state index is 12.9. The molecule has 0 aliphatic heterocycles. The van der Waals surface area contributed by atoms with Gasteiger partial charge < -0.3 is 5.73 Å². The van der Waals surface area contributed by atoms with E-state index in [0.29, 0.717) is 12.0 Å². The SMILES string of the molecule is CC[C@@H](N)c1ccc(F)c([N+](=O)[O-])c1.Cl. The molecular formula is C9H12ClFN2O2. The van der Waals surface area contributed by atoms with Gasteiger partial charge in [-0.25, -0.2) is 0 Å². The van der Waals surface area contributed by atoms with Gasteiger partial charge in [0, 0.05) is 12.1 Å². The summed E-state index contributed by atoms with van der Waals surface area (Å²) < 4.78 is 12.9. The van der Waals surface area contributed by atoms with Crippen molar-refractivity contribution in [3.63, 3.8) is 0 Å². The summed E-state index contributed by atoms with van der Waals surface area (Å²) in [6.07, 6.45) is 0.656. The molecule has 0 fully saturated rings. The molecule has 2 N–H and O–H groups in total. The lowest BCUT2D eigenvalue weighted by Crippen LogP contribution is -2.09. The van der Waals surface area contributed by atoms with Crippen LogP contribution in [-0.4, -0.2) is 4.92 Å². The topological polar surface area (TPSA) is 69.2 Å². The molecule has 1 rings (SSSR count). The summed E-state index contributed by atoms with van der Waals surface area (Å²) in [4.78, 5) is 9.66. The number of nitrogens with zero attached hydrogens (tertiary/aromatic N) is 1. The summed E-state index contributed by atoms with van der Waals surface area (Å²) in [6, 6.07) is 3.44. The smallest absolute Gasteiger partial charge is 0.305 e. The second-order valence-electron chi connectivity index (χ2n) is 2.98. The first-order valence-electron chi connectivity index (χ1n) is 4.25. The third-order valence-electron chi connectivity index (χ3n) is 2.03. The molecule has 1 aromatic rings. The zero-order valence-corrected chi connectivity index (χ0v) is 8.96. The van der Waals surface area contributed by atoms with Gasteiger partial charge in [-0.05, 0) is 18.1 Å². The Bertz CT molecular complexity index is 360. The highest BCUT2D eigenvalue weighted by Crippen LogP contribution is 2.22. The fourth-order valence-electron chi connectivity index (χ4n) is 1.14. The van der Waals surface area contributed by atoms with E-state index in [1.165, 1.54) is 12.1 Å². The third kappa shape index (κ3) is 3.14. The third-order valence-corrected chi connectivity index (χ3v) is 2.03. The van der Waals surface area contributed by atoms with Gasteiger partial charge >= 0.3 is 5.69 Å². The van der Waals surface area contributed by atoms with Gasteiger partial charge in [-0.1, -0.05) is 13.0 Å². The zero-order valence-electron chi connectivity index (χ0n) is 8.14. The van der Waals surface area contributed by atoms with Crippen LogP contribution >= 0.6 is 12.4 Å². The summed E-state index contributed by atoms with van der Waals surface area (Å²) in [7, 11) is 0. The largest absolute Gasteiger partial charge is 0.324 e. The Balaban J connectivity index is 0.00000196. The van der Waals surface area contributed by atoms with Crippen LogP contribution in [-0.2, 0) is 0 Å². The van der Waals surface area contributed by atoms with Gasteiger partial charge in [0.25, 0.3) is 0 Å². The molecule has 0 heterocycles. The number of nitro groups is 1. The van der Waals surface area contributed by atoms with Crippen LogP contribution in [0, 0.1) is 15.9 Å². The van der Waals surface area contributed by atoms with Gasteiger partial charge in [0.2, 0.25) is 5.82 Å². The summed E-state index contributed by atoms with van der Waals surface area (Å²) in [5.74, 6) is -0.831. The normalized spacial score (nSPS) is 11.7. The second kappa shape index (κ2) is 5.63. The van der Waals surface area contributed by atoms with Gasteiger partial charge in [-0.15, -0.1) is 12.4 Å². The number of nitrogens with two attached hydrogens (primary N) is 1. The summed E-state index contributed by atoms with van der Waals surface area (Å²) in [6.45, 7) is 1.86. The Morgan fingerprint density at radius 2 is 2.20 bits per heavy atom. The quantitative estimate of drug-likeness (QED) is 0.646. The molecule has 0 radical (unpaired) electrons. The lowest BCUT2D eigenvalue weighted by Gasteiger charge is -2.08. The van der Waals surface area contributed by atoms with E-state index in [1.807, 2.05) is 6.92 Å². The predicted molar refractivity (Wildman–Crippen MR) is 57.5 cm³/mol. The van der Waals surface area contributed by atoms with E-state index in [9.17, 15) is 14.5 Å². The monoisotopic (exact) mass is 234 g/mol. The summed E-state index contributed by atoms with van der Waals surface area (Å²) in [5, 5.41) is 10.4. The molecule has 6 heteroatoms. The molecule has 0 aliphatic rings. The molecule has 1 aromatic carbocycles. The Morgan fingerprint density at radius 3 is 2.67 bits per heavy atom. The Hall–Kier alpha value is -1.20. The minimum Gasteiger partial charge on any atom is -0.324 e. The second-order valence-corrected chi connectivity index (χ2v) is 2.98. The van der Waals surface area contributed by atoms with Crippen LogP contribution in [0.3, 0.4) is 0 Å². The average Bonchev–Trinajstić information content (AvgIpc) is 2.17. The fourth-order valence-corrected chi connectivity index (χ4v) is 1.14. The summed E-state index contributed by atoms with van der Waals surface area (Å²) >= 11 is 0. The van der Waals surface area contributed by atoms with Crippen molar-refractivity contribution in [3.05, 3.63) is 39.7 Å². The first-order chi connectivity index (χ1) is 6.56. The van der Waals surface area contributed by atoms with E-state index in [4.69, 9.17) is 5.73 Å². The highest BCUT2D eigenvalue weighted by Gasteiger charge is 2.16. The maximum Gasteiger partial charge on any atom is 0.305 e. The number of hydrogen-bond donors (Lipinski definition) is 1. The average molecular weight is 235 g/mol. The van der Waals surface area contributed by atoms with Gasteiger partial charge in [0.15, 0.2) is 0 Å². The van der Waals surface area contributed by atoms with E-state index in [1.54, 1.807) is 0 Å². The Labute approximate surface area is 92.8 Å². The van der Waals surface area contributed by atoms with E-state index < -0.39 is 16.4 Å². The van der Waals surface area contributed by atoms with Gasteiger partial charge in [-0.3, -0.25) is 10.1 Å². The first kappa shape index (κ1) is 13.8. The van der Waals surface area contributed by atoms with Crippen molar-refractivity contribution >= 4 is 18.1 Å². The lowest BCUT2D eigenvalue weighted by atomic mass is 10.0. The van der Waals surface area contributed by atoms with Crippen LogP contribution in [0.1, 0.15) is 24.9 Å². The molecule has 0 bridgehead atoms. The molecule has 0 aliphatic carbocycles. The molecule has 84 valence electrons. The molecule has 1 atom stereocenters. The van der Waals surface area contributed by atoms with Crippen molar-refractivity contribution in [1.82, 2.24) is 0 Å². The van der Waals surface area contributed by atoms with Crippen molar-refractivity contribution in [2.24, 2.45) is 5.73 Å². The van der Waals surface area contributed by atoms with Gasteiger partial charge in [0.05, 0.1) is 4.92 Å². The van der Waals surface area contributed by atoms with E-state index in [-0.39, 0.29) is 18.4 Å². The molecule has 0 amide bonds. The number of rotatable bonds is 3. The predicted octanol–water partition coefficient (Wildman–Crippen LogP) is 2.57. The molecular weight excluding hydrogens is 223 g/mol. The van der Waals surface area contributed by atoms with Crippen molar-refractivity contribution in [1.29, 1.82) is 0 Å². The van der Waals surface area contributed by atoms with Crippen molar-refractivity contribution < 1.29 is 9.31 Å². The van der Waals surface area contributed by atoms with Crippen molar-refractivity contribution in [2.75, 3.05) is 0 Å². The van der Waals surface area contributed by atoms with E-state index >= 15 is 0 Å². The van der Waals surface area contributed by atoms with Crippen LogP contribution in [0.2, 0.25) is 0 Å². The number of hydrogen-bond acceptors (Lipinski definition) is 3. The molecule has 0 saturated heterocycles. The van der Waals surface area contributed by atoms with Crippen LogP contribution in [0.4, 0.5) is 10.1 Å². The zero-order chi connectivity index (χ0) is 10.7. The molecule has 0 saturated carbocycles. The maximum atomic E-state index is 12.9. The minimum absolute atomic E-state index is 0. The molecule has 0 aromatic heterocycles. The van der Waals surface area contributed by atoms with Crippen LogP contribution < -0.4 is 5.73 Å². The molecule has 4 nitrogen and oxygen atoms in total. The number of halogens is 2. The van der Waals surface area contributed by atoms with Crippen LogP contribution in [0.5, 0.6) is 0 Å². The van der Waals surface area contributed by atoms with Gasteiger partial charge in [0.1, 0.15) is 0 Å². The Morgan fingerprint density at radius 1 is 1.60 bits per heavy atom. The lowest BCUT2D eigenvalue weighted by molar-refractivity contribution is -0.387.